The van der Waals surface area contributed by atoms with E-state index in [2.05, 4.69) is 5.32 Å². The number of benzene rings is 2. The lowest BCUT2D eigenvalue weighted by Gasteiger charge is -2.15. The summed E-state index contributed by atoms with van der Waals surface area (Å²) in [5.41, 5.74) is 9.25. The predicted molar refractivity (Wildman–Crippen MR) is 107 cm³/mol. The molecule has 0 aromatic heterocycles. The zero-order chi connectivity index (χ0) is 17.6. The van der Waals surface area contributed by atoms with Gasteiger partial charge < -0.3 is 15.8 Å². The van der Waals surface area contributed by atoms with E-state index in [0.717, 1.165) is 29.0 Å². The summed E-state index contributed by atoms with van der Waals surface area (Å²) >= 11 is 0. The van der Waals surface area contributed by atoms with Crippen molar-refractivity contribution in [1.82, 2.24) is 5.32 Å². The molecule has 140 valence electrons. The highest BCUT2D eigenvalue weighted by molar-refractivity contribution is 5.85. The second-order valence-electron chi connectivity index (χ2n) is 6.88. The molecule has 1 amide bonds. The maximum absolute atomic E-state index is 12.3. The standard InChI is InChI=1S/C21H26N2O2.ClH/c1-15-7-10-18(20(11-15)25-14-17-8-9-17)13-23-21(24)19(22)12-16-5-3-2-4-6-16;/h2-7,10-11,17,19H,8-9,12-14,22H2,1H3,(H,23,24);1H/t19-;/m0./s1. The molecule has 1 saturated carbocycles. The quantitative estimate of drug-likeness (QED) is 0.744. The number of nitrogens with two attached hydrogens (primary N) is 1. The van der Waals surface area contributed by atoms with Gasteiger partial charge in [0.15, 0.2) is 0 Å². The van der Waals surface area contributed by atoms with Gasteiger partial charge in [-0.15, -0.1) is 12.4 Å². The number of amides is 1. The molecule has 5 heteroatoms. The molecule has 26 heavy (non-hydrogen) atoms. The summed E-state index contributed by atoms with van der Waals surface area (Å²) in [7, 11) is 0. The molecule has 2 aromatic rings. The summed E-state index contributed by atoms with van der Waals surface area (Å²) in [5.74, 6) is 1.42. The zero-order valence-electron chi connectivity index (χ0n) is 15.1. The maximum atomic E-state index is 12.3. The molecule has 0 saturated heterocycles. The molecule has 0 aliphatic heterocycles. The van der Waals surface area contributed by atoms with Crippen molar-refractivity contribution < 1.29 is 9.53 Å². The van der Waals surface area contributed by atoms with E-state index in [1.165, 1.54) is 12.8 Å². The lowest BCUT2D eigenvalue weighted by molar-refractivity contribution is -0.122. The summed E-state index contributed by atoms with van der Waals surface area (Å²) in [6.45, 7) is 3.24. The van der Waals surface area contributed by atoms with Gasteiger partial charge in [-0.2, -0.15) is 0 Å². The maximum Gasteiger partial charge on any atom is 0.237 e. The highest BCUT2D eigenvalue weighted by Crippen LogP contribution is 2.30. The highest BCUT2D eigenvalue weighted by atomic mass is 35.5. The van der Waals surface area contributed by atoms with E-state index in [4.69, 9.17) is 10.5 Å². The minimum absolute atomic E-state index is 0. The summed E-state index contributed by atoms with van der Waals surface area (Å²) < 4.78 is 5.95. The minimum Gasteiger partial charge on any atom is -0.493 e. The first-order chi connectivity index (χ1) is 12.1. The molecule has 1 fully saturated rings. The molecule has 3 N–H and O–H groups in total. The highest BCUT2D eigenvalue weighted by Gasteiger charge is 2.22. The fourth-order valence-electron chi connectivity index (χ4n) is 2.71. The smallest absolute Gasteiger partial charge is 0.237 e. The molecule has 0 unspecified atom stereocenters. The monoisotopic (exact) mass is 374 g/mol. The second-order valence-corrected chi connectivity index (χ2v) is 6.88. The number of carbonyl (C=O) groups excluding carboxylic acids is 1. The van der Waals surface area contributed by atoms with Crippen LogP contribution in [0.1, 0.15) is 29.5 Å². The third-order valence-electron chi connectivity index (χ3n) is 4.48. The Hall–Kier alpha value is -2.04. The summed E-state index contributed by atoms with van der Waals surface area (Å²) in [6.07, 6.45) is 3.05. The van der Waals surface area contributed by atoms with Crippen LogP contribution in [0.4, 0.5) is 0 Å². The summed E-state index contributed by atoms with van der Waals surface area (Å²) in [4.78, 5) is 12.3. The Bertz CT molecular complexity index is 717. The van der Waals surface area contributed by atoms with Crippen molar-refractivity contribution in [3.8, 4) is 5.75 Å². The largest absolute Gasteiger partial charge is 0.493 e. The molecular formula is C21H27ClN2O2. The van der Waals surface area contributed by atoms with Crippen LogP contribution < -0.4 is 15.8 Å². The van der Waals surface area contributed by atoms with E-state index >= 15 is 0 Å². The number of hydrogen-bond acceptors (Lipinski definition) is 3. The lowest BCUT2D eigenvalue weighted by atomic mass is 10.1. The van der Waals surface area contributed by atoms with Crippen LogP contribution in [0.3, 0.4) is 0 Å². The average molecular weight is 375 g/mol. The van der Waals surface area contributed by atoms with Gasteiger partial charge in [-0.1, -0.05) is 42.5 Å². The number of nitrogens with one attached hydrogen (secondary N) is 1. The minimum atomic E-state index is -0.552. The molecular weight excluding hydrogens is 348 g/mol. The van der Waals surface area contributed by atoms with E-state index in [1.807, 2.05) is 55.5 Å². The van der Waals surface area contributed by atoms with Crippen LogP contribution in [-0.2, 0) is 17.8 Å². The molecule has 3 rings (SSSR count). The Labute approximate surface area is 161 Å². The van der Waals surface area contributed by atoms with Gasteiger partial charge in [0, 0.05) is 12.1 Å². The van der Waals surface area contributed by atoms with E-state index in [-0.39, 0.29) is 18.3 Å². The Morgan fingerprint density at radius 1 is 1.23 bits per heavy atom. The van der Waals surface area contributed by atoms with Crippen molar-refractivity contribution in [3.63, 3.8) is 0 Å². The summed E-state index contributed by atoms with van der Waals surface area (Å²) in [6, 6.07) is 15.4. The molecule has 1 aliphatic carbocycles. The van der Waals surface area contributed by atoms with Crippen molar-refractivity contribution >= 4 is 18.3 Å². The van der Waals surface area contributed by atoms with Gasteiger partial charge >= 0.3 is 0 Å². The molecule has 0 radical (unpaired) electrons. The van der Waals surface area contributed by atoms with Crippen molar-refractivity contribution in [1.29, 1.82) is 0 Å². The predicted octanol–water partition coefficient (Wildman–Crippen LogP) is 3.39. The first-order valence-corrected chi connectivity index (χ1v) is 8.91. The van der Waals surface area contributed by atoms with Gasteiger partial charge in [0.05, 0.1) is 12.6 Å². The third-order valence-corrected chi connectivity index (χ3v) is 4.48. The van der Waals surface area contributed by atoms with Crippen LogP contribution in [0.2, 0.25) is 0 Å². The van der Waals surface area contributed by atoms with Crippen LogP contribution >= 0.6 is 12.4 Å². The van der Waals surface area contributed by atoms with Crippen LogP contribution in [0, 0.1) is 12.8 Å². The molecule has 1 aliphatic rings. The van der Waals surface area contributed by atoms with Crippen LogP contribution in [0.5, 0.6) is 5.75 Å². The molecule has 0 spiro atoms. The number of hydrogen-bond donors (Lipinski definition) is 2. The number of aryl methyl sites for hydroxylation is 1. The van der Waals surface area contributed by atoms with E-state index < -0.39 is 6.04 Å². The van der Waals surface area contributed by atoms with Gasteiger partial charge in [-0.25, -0.2) is 0 Å². The van der Waals surface area contributed by atoms with Crippen LogP contribution in [-0.4, -0.2) is 18.6 Å². The Morgan fingerprint density at radius 2 is 1.96 bits per heavy atom. The summed E-state index contributed by atoms with van der Waals surface area (Å²) in [5, 5.41) is 2.94. The van der Waals surface area contributed by atoms with E-state index in [1.54, 1.807) is 0 Å². The zero-order valence-corrected chi connectivity index (χ0v) is 15.9. The fraction of sp³-hybridized carbons (Fsp3) is 0.381. The number of carbonyl (C=O) groups is 1. The van der Waals surface area contributed by atoms with Gasteiger partial charge in [-0.3, -0.25) is 4.79 Å². The topological polar surface area (TPSA) is 64.4 Å². The van der Waals surface area contributed by atoms with Gasteiger partial charge in [0.1, 0.15) is 5.75 Å². The van der Waals surface area contributed by atoms with Crippen molar-refractivity contribution in [2.24, 2.45) is 11.7 Å². The molecule has 2 aromatic carbocycles. The first-order valence-electron chi connectivity index (χ1n) is 8.91. The average Bonchev–Trinajstić information content (AvgIpc) is 3.44. The Morgan fingerprint density at radius 3 is 2.65 bits per heavy atom. The fourth-order valence-corrected chi connectivity index (χ4v) is 2.71. The van der Waals surface area contributed by atoms with Gasteiger partial charge in [-0.05, 0) is 49.3 Å². The molecule has 0 heterocycles. The number of halogens is 1. The van der Waals surface area contributed by atoms with Gasteiger partial charge in [0.2, 0.25) is 5.91 Å². The normalized spacial score (nSPS) is 14.2. The third kappa shape index (κ3) is 6.04. The Balaban J connectivity index is 0.00000243. The Kier molecular flexibility index (Phi) is 7.49. The SMILES string of the molecule is Cc1ccc(CNC(=O)[C@@H](N)Cc2ccccc2)c(OCC2CC2)c1.Cl. The van der Waals surface area contributed by atoms with Crippen LogP contribution in [0.25, 0.3) is 0 Å². The van der Waals surface area contributed by atoms with Crippen molar-refractivity contribution in [2.45, 2.75) is 38.8 Å². The number of rotatable bonds is 8. The van der Waals surface area contributed by atoms with Gasteiger partial charge in [0.25, 0.3) is 0 Å². The second kappa shape index (κ2) is 9.60. The molecule has 0 bridgehead atoms. The van der Waals surface area contributed by atoms with Crippen molar-refractivity contribution in [3.05, 3.63) is 65.2 Å². The van der Waals surface area contributed by atoms with Crippen molar-refractivity contribution in [2.75, 3.05) is 6.61 Å². The molecule has 4 nitrogen and oxygen atoms in total. The van der Waals surface area contributed by atoms with Crippen LogP contribution in [0.15, 0.2) is 48.5 Å². The van der Waals surface area contributed by atoms with E-state index in [9.17, 15) is 4.79 Å². The lowest BCUT2D eigenvalue weighted by Crippen LogP contribution is -2.41. The van der Waals surface area contributed by atoms with E-state index in [0.29, 0.717) is 18.9 Å². The first kappa shape index (κ1) is 20.3. The number of ether oxygens (including phenoxy) is 1. The molecule has 1 atom stereocenters.